The number of hydrogen-bond donors (Lipinski definition) is 1. The summed E-state index contributed by atoms with van der Waals surface area (Å²) in [6.45, 7) is 9.98. The fourth-order valence-electron chi connectivity index (χ4n) is 1.19. The molecule has 0 heterocycles. The van der Waals surface area contributed by atoms with Gasteiger partial charge in [-0.1, -0.05) is 27.7 Å². The molecule has 0 aromatic heterocycles. The summed E-state index contributed by atoms with van der Waals surface area (Å²) in [6.07, 6.45) is 0.841. The average molecular weight is 183 g/mol. The zero-order chi connectivity index (χ0) is 10.7. The van der Waals surface area contributed by atoms with Crippen molar-refractivity contribution in [2.45, 2.75) is 53.6 Å². The molecule has 0 fully saturated rings. The molecule has 0 spiro atoms. The summed E-state index contributed by atoms with van der Waals surface area (Å²) in [7, 11) is 0. The first-order valence-electron chi connectivity index (χ1n) is 4.84. The SMILES string of the molecule is CCC(C)(C#N)C(O)CC(C)(C)C. The number of hydrogen-bond acceptors (Lipinski definition) is 2. The zero-order valence-electron chi connectivity index (χ0n) is 9.39. The van der Waals surface area contributed by atoms with Crippen LogP contribution in [-0.4, -0.2) is 11.2 Å². The number of nitriles is 1. The molecule has 0 aliphatic carbocycles. The number of aliphatic hydroxyl groups excluding tert-OH is 1. The minimum atomic E-state index is -0.590. The molecule has 0 radical (unpaired) electrons. The van der Waals surface area contributed by atoms with Crippen LogP contribution in [0.5, 0.6) is 0 Å². The first-order chi connectivity index (χ1) is 5.75. The summed E-state index contributed by atoms with van der Waals surface area (Å²) in [5.74, 6) is 0. The van der Waals surface area contributed by atoms with Gasteiger partial charge < -0.3 is 5.11 Å². The van der Waals surface area contributed by atoms with Crippen molar-refractivity contribution in [1.29, 1.82) is 5.26 Å². The monoisotopic (exact) mass is 183 g/mol. The van der Waals surface area contributed by atoms with E-state index < -0.39 is 11.5 Å². The van der Waals surface area contributed by atoms with Crippen molar-refractivity contribution in [3.05, 3.63) is 0 Å². The fraction of sp³-hybridized carbons (Fsp3) is 0.909. The van der Waals surface area contributed by atoms with Crippen molar-refractivity contribution in [1.82, 2.24) is 0 Å². The first-order valence-corrected chi connectivity index (χ1v) is 4.84. The Morgan fingerprint density at radius 3 is 2.00 bits per heavy atom. The van der Waals surface area contributed by atoms with E-state index in [2.05, 4.69) is 26.8 Å². The second-order valence-corrected chi connectivity index (χ2v) is 5.16. The van der Waals surface area contributed by atoms with Gasteiger partial charge in [0.1, 0.15) is 0 Å². The Labute approximate surface area is 81.6 Å². The summed E-state index contributed by atoms with van der Waals surface area (Å²) in [4.78, 5) is 0. The highest BCUT2D eigenvalue weighted by Gasteiger charge is 2.33. The lowest BCUT2D eigenvalue weighted by Crippen LogP contribution is -2.33. The van der Waals surface area contributed by atoms with Gasteiger partial charge in [0.05, 0.1) is 17.6 Å². The second-order valence-electron chi connectivity index (χ2n) is 5.16. The van der Waals surface area contributed by atoms with Crippen LogP contribution >= 0.6 is 0 Å². The molecule has 0 rings (SSSR count). The Kier molecular flexibility index (Phi) is 3.93. The quantitative estimate of drug-likeness (QED) is 0.731. The largest absolute Gasteiger partial charge is 0.391 e. The van der Waals surface area contributed by atoms with Crippen molar-refractivity contribution in [3.63, 3.8) is 0 Å². The summed E-state index contributed by atoms with van der Waals surface area (Å²) in [5.41, 5.74) is -0.514. The van der Waals surface area contributed by atoms with E-state index >= 15 is 0 Å². The van der Waals surface area contributed by atoms with E-state index in [-0.39, 0.29) is 5.41 Å². The van der Waals surface area contributed by atoms with E-state index in [1.807, 2.05) is 13.8 Å². The Morgan fingerprint density at radius 1 is 1.31 bits per heavy atom. The van der Waals surface area contributed by atoms with Crippen molar-refractivity contribution in [2.24, 2.45) is 10.8 Å². The molecule has 2 unspecified atom stereocenters. The number of rotatable bonds is 3. The van der Waals surface area contributed by atoms with Gasteiger partial charge in [-0.2, -0.15) is 5.26 Å². The van der Waals surface area contributed by atoms with E-state index in [1.54, 1.807) is 0 Å². The minimum Gasteiger partial charge on any atom is -0.391 e. The van der Waals surface area contributed by atoms with Crippen molar-refractivity contribution in [2.75, 3.05) is 0 Å². The number of aliphatic hydroxyl groups is 1. The average Bonchev–Trinajstić information content (AvgIpc) is 2.00. The maximum Gasteiger partial charge on any atom is 0.0801 e. The first kappa shape index (κ1) is 12.4. The number of nitrogens with zero attached hydrogens (tertiary/aromatic N) is 1. The zero-order valence-corrected chi connectivity index (χ0v) is 9.39. The van der Waals surface area contributed by atoms with E-state index in [0.717, 1.165) is 0 Å². The van der Waals surface area contributed by atoms with Gasteiger partial charge in [0.25, 0.3) is 0 Å². The highest BCUT2D eigenvalue weighted by atomic mass is 16.3. The maximum atomic E-state index is 9.88. The van der Waals surface area contributed by atoms with Crippen LogP contribution in [0.1, 0.15) is 47.5 Å². The van der Waals surface area contributed by atoms with Crippen molar-refractivity contribution >= 4 is 0 Å². The van der Waals surface area contributed by atoms with Crippen LogP contribution in [0, 0.1) is 22.2 Å². The summed E-state index contributed by atoms with van der Waals surface area (Å²) in [5, 5.41) is 18.8. The van der Waals surface area contributed by atoms with Gasteiger partial charge in [-0.05, 0) is 25.2 Å². The second kappa shape index (κ2) is 4.11. The topological polar surface area (TPSA) is 44.0 Å². The van der Waals surface area contributed by atoms with Gasteiger partial charge in [-0.3, -0.25) is 0 Å². The van der Waals surface area contributed by atoms with E-state index in [4.69, 9.17) is 5.26 Å². The van der Waals surface area contributed by atoms with Gasteiger partial charge in [-0.15, -0.1) is 0 Å². The molecule has 0 aliphatic heterocycles. The lowest BCUT2D eigenvalue weighted by atomic mass is 9.76. The van der Waals surface area contributed by atoms with Crippen LogP contribution < -0.4 is 0 Å². The lowest BCUT2D eigenvalue weighted by molar-refractivity contribution is 0.0366. The molecule has 0 saturated heterocycles. The van der Waals surface area contributed by atoms with Crippen LogP contribution in [0.3, 0.4) is 0 Å². The van der Waals surface area contributed by atoms with E-state index in [0.29, 0.717) is 12.8 Å². The molecule has 13 heavy (non-hydrogen) atoms. The van der Waals surface area contributed by atoms with Crippen molar-refractivity contribution < 1.29 is 5.11 Å². The minimum absolute atomic E-state index is 0.0761. The smallest absolute Gasteiger partial charge is 0.0801 e. The van der Waals surface area contributed by atoms with Crippen molar-refractivity contribution in [3.8, 4) is 6.07 Å². The molecule has 0 aromatic carbocycles. The van der Waals surface area contributed by atoms with Crippen LogP contribution in [-0.2, 0) is 0 Å². The molecular formula is C11H21NO. The lowest BCUT2D eigenvalue weighted by Gasteiger charge is -2.31. The standard InChI is InChI=1S/C11H21NO/c1-6-11(5,8-12)9(13)7-10(2,3)4/h9,13H,6-7H2,1-5H3. The highest BCUT2D eigenvalue weighted by Crippen LogP contribution is 2.32. The summed E-state index contributed by atoms with van der Waals surface area (Å²) in [6, 6.07) is 2.20. The molecule has 1 N–H and O–H groups in total. The molecular weight excluding hydrogens is 162 g/mol. The molecule has 2 heteroatoms. The van der Waals surface area contributed by atoms with Crippen LogP contribution in [0.15, 0.2) is 0 Å². The van der Waals surface area contributed by atoms with Gasteiger partial charge in [0.15, 0.2) is 0 Å². The molecule has 0 aliphatic rings. The fourth-order valence-corrected chi connectivity index (χ4v) is 1.19. The van der Waals surface area contributed by atoms with E-state index in [1.165, 1.54) is 0 Å². The molecule has 2 nitrogen and oxygen atoms in total. The van der Waals surface area contributed by atoms with Crippen LogP contribution in [0.4, 0.5) is 0 Å². The maximum absolute atomic E-state index is 9.88. The molecule has 0 saturated carbocycles. The van der Waals surface area contributed by atoms with Gasteiger partial charge >= 0.3 is 0 Å². The van der Waals surface area contributed by atoms with E-state index in [9.17, 15) is 5.11 Å². The summed E-state index contributed by atoms with van der Waals surface area (Å²) < 4.78 is 0. The van der Waals surface area contributed by atoms with Gasteiger partial charge in [0, 0.05) is 0 Å². The highest BCUT2D eigenvalue weighted by molar-refractivity contribution is 5.00. The summed E-state index contributed by atoms with van der Waals surface area (Å²) >= 11 is 0. The molecule has 0 amide bonds. The molecule has 2 atom stereocenters. The third-order valence-electron chi connectivity index (χ3n) is 2.53. The Bertz CT molecular complexity index is 199. The Morgan fingerprint density at radius 2 is 1.77 bits per heavy atom. The van der Waals surface area contributed by atoms with Crippen LogP contribution in [0.25, 0.3) is 0 Å². The third kappa shape index (κ3) is 3.78. The molecule has 0 bridgehead atoms. The molecule has 76 valence electrons. The predicted molar refractivity (Wildman–Crippen MR) is 54.1 cm³/mol. The molecule has 0 aromatic rings. The third-order valence-corrected chi connectivity index (χ3v) is 2.53. The normalized spacial score (nSPS) is 18.8. The van der Waals surface area contributed by atoms with Gasteiger partial charge in [0.2, 0.25) is 0 Å². The predicted octanol–water partition coefficient (Wildman–Crippen LogP) is 2.72. The van der Waals surface area contributed by atoms with Crippen LogP contribution in [0.2, 0.25) is 0 Å². The van der Waals surface area contributed by atoms with Gasteiger partial charge in [-0.25, -0.2) is 0 Å². The Hall–Kier alpha value is -0.550. The Balaban J connectivity index is 4.42.